The van der Waals surface area contributed by atoms with Crippen molar-refractivity contribution in [2.45, 2.75) is 13.7 Å². The quantitative estimate of drug-likeness (QED) is 0.307. The van der Waals surface area contributed by atoms with Gasteiger partial charge in [-0.1, -0.05) is 37.2 Å². The lowest BCUT2D eigenvalue weighted by molar-refractivity contribution is -0.131. The summed E-state index contributed by atoms with van der Waals surface area (Å²) in [5, 5.41) is 4.69. The normalized spacial score (nSPS) is 10.7. The van der Waals surface area contributed by atoms with E-state index >= 15 is 0 Å². The fourth-order valence-electron chi connectivity index (χ4n) is 2.54. The van der Waals surface area contributed by atoms with Gasteiger partial charge < -0.3 is 4.74 Å². The highest BCUT2D eigenvalue weighted by Gasteiger charge is 2.08. The summed E-state index contributed by atoms with van der Waals surface area (Å²) in [7, 11) is 0.839. The lowest BCUT2D eigenvalue weighted by Crippen LogP contribution is -2.17. The first-order valence-electron chi connectivity index (χ1n) is 6.81. The molecule has 0 aliphatic carbocycles. The van der Waals surface area contributed by atoms with E-state index < -0.39 is 0 Å². The summed E-state index contributed by atoms with van der Waals surface area (Å²) >= 11 is 0. The summed E-state index contributed by atoms with van der Waals surface area (Å²) in [6, 6.07) is 16.7. The number of fused-ring (bicyclic) bond motifs is 2. The van der Waals surface area contributed by atoms with Crippen LogP contribution in [-0.4, -0.2) is 13.2 Å². The molecule has 20 heavy (non-hydrogen) atoms. The molecule has 3 rings (SSSR count). The van der Waals surface area contributed by atoms with Crippen LogP contribution in [0.5, 0.6) is 5.75 Å². The third-order valence-corrected chi connectivity index (χ3v) is 3.52. The molecular weight excluding hydrogens is 247 g/mol. The lowest BCUT2D eigenvalue weighted by Gasteiger charge is -2.10. The van der Waals surface area contributed by atoms with Gasteiger partial charge in [0.2, 0.25) is 0 Å². The first-order valence-corrected chi connectivity index (χ1v) is 6.81. The van der Waals surface area contributed by atoms with Crippen molar-refractivity contribution >= 4 is 40.3 Å². The fraction of sp³-hybridized carbons (Fsp3) is 0.118. The van der Waals surface area contributed by atoms with Crippen molar-refractivity contribution in [1.82, 2.24) is 0 Å². The SMILES string of the molecule is CBc1cc2cc3ccccc3cc2cc1OC(C)=O. The van der Waals surface area contributed by atoms with Crippen LogP contribution in [0.3, 0.4) is 0 Å². The molecule has 0 saturated heterocycles. The van der Waals surface area contributed by atoms with Crippen LogP contribution in [0, 0.1) is 0 Å². The predicted molar refractivity (Wildman–Crippen MR) is 85.4 cm³/mol. The molecule has 0 bridgehead atoms. The van der Waals surface area contributed by atoms with Gasteiger partial charge in [-0.2, -0.15) is 0 Å². The van der Waals surface area contributed by atoms with Crippen molar-refractivity contribution < 1.29 is 9.53 Å². The molecule has 0 aliphatic rings. The molecule has 2 nitrogen and oxygen atoms in total. The maximum absolute atomic E-state index is 11.2. The van der Waals surface area contributed by atoms with E-state index in [1.165, 1.54) is 23.1 Å². The minimum Gasteiger partial charge on any atom is -0.427 e. The molecule has 0 aliphatic heterocycles. The number of carbonyl (C=O) groups is 1. The zero-order valence-electron chi connectivity index (χ0n) is 11.6. The minimum atomic E-state index is -0.278. The molecule has 0 aromatic heterocycles. The van der Waals surface area contributed by atoms with E-state index in [0.717, 1.165) is 18.1 Å². The van der Waals surface area contributed by atoms with E-state index in [1.807, 2.05) is 18.2 Å². The van der Waals surface area contributed by atoms with Gasteiger partial charge in [-0.3, -0.25) is 4.79 Å². The van der Waals surface area contributed by atoms with Crippen molar-refractivity contribution in [3.05, 3.63) is 48.5 Å². The number of rotatable bonds is 2. The van der Waals surface area contributed by atoms with Crippen LogP contribution >= 0.6 is 0 Å². The Morgan fingerprint density at radius 3 is 2.10 bits per heavy atom. The highest BCUT2D eigenvalue weighted by molar-refractivity contribution is 6.53. The van der Waals surface area contributed by atoms with Crippen LogP contribution in [0.4, 0.5) is 0 Å². The zero-order valence-corrected chi connectivity index (χ0v) is 11.6. The van der Waals surface area contributed by atoms with Crippen LogP contribution in [-0.2, 0) is 4.79 Å². The summed E-state index contributed by atoms with van der Waals surface area (Å²) in [5.74, 6) is 0.391. The molecule has 0 unspecified atom stereocenters. The second-order valence-corrected chi connectivity index (χ2v) is 4.95. The van der Waals surface area contributed by atoms with E-state index in [1.54, 1.807) is 0 Å². The first-order chi connectivity index (χ1) is 9.67. The number of carbonyl (C=O) groups excluding carboxylic acids is 1. The number of esters is 1. The van der Waals surface area contributed by atoms with Crippen LogP contribution in [0.2, 0.25) is 6.82 Å². The third kappa shape index (κ3) is 2.27. The summed E-state index contributed by atoms with van der Waals surface area (Å²) in [5.41, 5.74) is 1.06. The Bertz CT molecular complexity index is 809. The van der Waals surface area contributed by atoms with E-state index in [0.29, 0.717) is 5.75 Å². The van der Waals surface area contributed by atoms with Gasteiger partial charge in [0.15, 0.2) is 7.28 Å². The maximum atomic E-state index is 11.2. The van der Waals surface area contributed by atoms with E-state index in [2.05, 4.69) is 37.2 Å². The minimum absolute atomic E-state index is 0.278. The van der Waals surface area contributed by atoms with Gasteiger partial charge in [-0.25, -0.2) is 0 Å². The molecule has 0 saturated carbocycles. The van der Waals surface area contributed by atoms with Crippen molar-refractivity contribution in [3.8, 4) is 5.75 Å². The van der Waals surface area contributed by atoms with E-state index in [4.69, 9.17) is 4.74 Å². The highest BCUT2D eigenvalue weighted by atomic mass is 16.5. The van der Waals surface area contributed by atoms with Crippen molar-refractivity contribution in [2.24, 2.45) is 0 Å². The average Bonchev–Trinajstić information content (AvgIpc) is 2.44. The van der Waals surface area contributed by atoms with Gasteiger partial charge in [0.25, 0.3) is 0 Å². The molecular formula is C17H15BO2. The fourth-order valence-corrected chi connectivity index (χ4v) is 2.54. The number of ether oxygens (including phenoxy) is 1. The van der Waals surface area contributed by atoms with Gasteiger partial charge in [0, 0.05) is 6.92 Å². The summed E-state index contributed by atoms with van der Waals surface area (Å²) < 4.78 is 5.32. The van der Waals surface area contributed by atoms with E-state index in [9.17, 15) is 4.79 Å². The molecule has 3 heteroatoms. The first kappa shape index (κ1) is 12.7. The molecule has 0 heterocycles. The molecule has 0 radical (unpaired) electrons. The Labute approximate surface area is 118 Å². The predicted octanol–water partition coefficient (Wildman–Crippen LogP) is 3.03. The average molecular weight is 262 g/mol. The van der Waals surface area contributed by atoms with Gasteiger partial charge >= 0.3 is 5.97 Å². The van der Waals surface area contributed by atoms with Crippen LogP contribution in [0.25, 0.3) is 21.5 Å². The largest absolute Gasteiger partial charge is 0.427 e. The Hall–Kier alpha value is -2.29. The highest BCUT2D eigenvalue weighted by Crippen LogP contribution is 2.25. The van der Waals surface area contributed by atoms with Gasteiger partial charge in [0.1, 0.15) is 5.75 Å². The zero-order chi connectivity index (χ0) is 14.1. The Morgan fingerprint density at radius 2 is 1.55 bits per heavy atom. The van der Waals surface area contributed by atoms with Crippen molar-refractivity contribution in [3.63, 3.8) is 0 Å². The monoisotopic (exact) mass is 262 g/mol. The van der Waals surface area contributed by atoms with Gasteiger partial charge in [0.05, 0.1) is 0 Å². The molecule has 0 amide bonds. The Morgan fingerprint density at radius 1 is 0.950 bits per heavy atom. The topological polar surface area (TPSA) is 26.3 Å². The van der Waals surface area contributed by atoms with Gasteiger partial charge in [-0.15, -0.1) is 0 Å². The maximum Gasteiger partial charge on any atom is 0.308 e. The molecule has 98 valence electrons. The van der Waals surface area contributed by atoms with E-state index in [-0.39, 0.29) is 5.97 Å². The third-order valence-electron chi connectivity index (χ3n) is 3.52. The number of hydrogen-bond donors (Lipinski definition) is 0. The molecule has 3 aromatic rings. The van der Waals surface area contributed by atoms with Gasteiger partial charge in [-0.05, 0) is 45.2 Å². The smallest absolute Gasteiger partial charge is 0.308 e. The second-order valence-electron chi connectivity index (χ2n) is 4.95. The number of hydrogen-bond acceptors (Lipinski definition) is 2. The van der Waals surface area contributed by atoms with Crippen molar-refractivity contribution in [1.29, 1.82) is 0 Å². The molecule has 0 fully saturated rings. The summed E-state index contributed by atoms with van der Waals surface area (Å²) in [6.45, 7) is 3.50. The van der Waals surface area contributed by atoms with Crippen LogP contribution in [0.1, 0.15) is 6.92 Å². The summed E-state index contributed by atoms with van der Waals surface area (Å²) in [4.78, 5) is 11.2. The lowest BCUT2D eigenvalue weighted by atomic mass is 9.72. The molecule has 3 aromatic carbocycles. The standard InChI is InChI=1S/C17H15BO2/c1-11(19)20-17-10-15-8-13-6-4-3-5-12(13)7-14(15)9-16(17)18-2/h3-10,18H,1-2H3. The molecule has 0 atom stereocenters. The van der Waals surface area contributed by atoms with Crippen LogP contribution < -0.4 is 10.2 Å². The Balaban J connectivity index is 2.26. The second kappa shape index (κ2) is 5.01. The number of benzene rings is 3. The van der Waals surface area contributed by atoms with Crippen molar-refractivity contribution in [2.75, 3.05) is 0 Å². The molecule has 0 N–H and O–H groups in total. The van der Waals surface area contributed by atoms with Crippen LogP contribution in [0.15, 0.2) is 48.5 Å². The summed E-state index contributed by atoms with van der Waals surface area (Å²) in [6.07, 6.45) is 0. The Kier molecular flexibility index (Phi) is 3.19. The molecule has 0 spiro atoms.